The average Bonchev–Trinajstić information content (AvgIpc) is 2.29. The Morgan fingerprint density at radius 1 is 1.50 bits per heavy atom. The van der Waals surface area contributed by atoms with Gasteiger partial charge in [-0.25, -0.2) is 0 Å². The van der Waals surface area contributed by atoms with Gasteiger partial charge in [0, 0.05) is 0 Å². The zero-order valence-electron chi connectivity index (χ0n) is 10.9. The van der Waals surface area contributed by atoms with Crippen LogP contribution in [0.15, 0.2) is 10.5 Å². The van der Waals surface area contributed by atoms with Crippen molar-refractivity contribution in [2.75, 3.05) is 7.11 Å². The van der Waals surface area contributed by atoms with Crippen LogP contribution in [0.1, 0.15) is 25.0 Å². The van der Waals surface area contributed by atoms with E-state index >= 15 is 0 Å². The standard InChI is InChI=1S/C13H17BrO4/c1-7-5-9(18-4)11(15)10(14)8(7)6-13(2,3)12(16)17/h5,15H,6H2,1-4H3,(H,16,17). The molecule has 2 N–H and O–H groups in total. The molecule has 0 fully saturated rings. The lowest BCUT2D eigenvalue weighted by Crippen LogP contribution is -2.26. The molecule has 1 aromatic rings. The van der Waals surface area contributed by atoms with Crippen molar-refractivity contribution in [1.82, 2.24) is 0 Å². The summed E-state index contributed by atoms with van der Waals surface area (Å²) >= 11 is 3.30. The monoisotopic (exact) mass is 316 g/mol. The third-order valence-corrected chi connectivity index (χ3v) is 3.80. The lowest BCUT2D eigenvalue weighted by molar-refractivity contribution is -0.146. The summed E-state index contributed by atoms with van der Waals surface area (Å²) in [6.07, 6.45) is 0.326. The van der Waals surface area contributed by atoms with Crippen LogP contribution in [-0.4, -0.2) is 23.3 Å². The summed E-state index contributed by atoms with van der Waals surface area (Å²) in [7, 11) is 1.47. The van der Waals surface area contributed by atoms with Crippen LogP contribution in [0, 0.1) is 12.3 Å². The van der Waals surface area contributed by atoms with E-state index in [4.69, 9.17) is 9.84 Å². The minimum absolute atomic E-state index is 0.000659. The molecule has 4 nitrogen and oxygen atoms in total. The highest BCUT2D eigenvalue weighted by Gasteiger charge is 2.30. The Bertz CT molecular complexity index is 480. The Balaban J connectivity index is 3.27. The highest BCUT2D eigenvalue weighted by molar-refractivity contribution is 9.10. The first kappa shape index (κ1) is 14.8. The SMILES string of the molecule is COc1cc(C)c(CC(C)(C)C(=O)O)c(Br)c1O. The highest BCUT2D eigenvalue weighted by Crippen LogP contribution is 2.41. The smallest absolute Gasteiger partial charge is 0.309 e. The van der Waals surface area contributed by atoms with E-state index in [0.29, 0.717) is 16.6 Å². The Hall–Kier alpha value is -1.23. The number of carbonyl (C=O) groups is 1. The van der Waals surface area contributed by atoms with Gasteiger partial charge in [0.15, 0.2) is 11.5 Å². The number of aliphatic carboxylic acids is 1. The Labute approximate surface area is 115 Å². The van der Waals surface area contributed by atoms with Gasteiger partial charge in [-0.1, -0.05) is 0 Å². The molecule has 0 atom stereocenters. The summed E-state index contributed by atoms with van der Waals surface area (Å²) in [5.74, 6) is -0.500. The van der Waals surface area contributed by atoms with E-state index < -0.39 is 11.4 Å². The number of hydrogen-bond acceptors (Lipinski definition) is 3. The predicted molar refractivity (Wildman–Crippen MR) is 72.2 cm³/mol. The molecular weight excluding hydrogens is 300 g/mol. The van der Waals surface area contributed by atoms with Gasteiger partial charge in [0.25, 0.3) is 0 Å². The molecule has 18 heavy (non-hydrogen) atoms. The van der Waals surface area contributed by atoms with Gasteiger partial charge in [0.05, 0.1) is 17.0 Å². The molecule has 0 aliphatic carbocycles. The number of carboxylic acid groups (broad SMARTS) is 1. The zero-order chi connectivity index (χ0) is 14.1. The quantitative estimate of drug-likeness (QED) is 0.895. The van der Waals surface area contributed by atoms with Gasteiger partial charge in [-0.2, -0.15) is 0 Å². The van der Waals surface area contributed by atoms with Crippen molar-refractivity contribution < 1.29 is 19.7 Å². The van der Waals surface area contributed by atoms with Crippen molar-refractivity contribution in [3.8, 4) is 11.5 Å². The van der Waals surface area contributed by atoms with Crippen LogP contribution in [0.5, 0.6) is 11.5 Å². The largest absolute Gasteiger partial charge is 0.503 e. The maximum atomic E-state index is 11.2. The van der Waals surface area contributed by atoms with E-state index in [-0.39, 0.29) is 5.75 Å². The average molecular weight is 317 g/mol. The van der Waals surface area contributed by atoms with Crippen molar-refractivity contribution in [2.45, 2.75) is 27.2 Å². The van der Waals surface area contributed by atoms with Gasteiger partial charge in [0.1, 0.15) is 0 Å². The van der Waals surface area contributed by atoms with Gasteiger partial charge in [0.2, 0.25) is 0 Å². The predicted octanol–water partition coefficient (Wildman–Crippen LogP) is 3.13. The Morgan fingerprint density at radius 3 is 2.50 bits per heavy atom. The molecular formula is C13H17BrO4. The van der Waals surface area contributed by atoms with E-state index in [1.54, 1.807) is 19.9 Å². The molecule has 0 unspecified atom stereocenters. The summed E-state index contributed by atoms with van der Waals surface area (Å²) in [5.41, 5.74) is 0.764. The summed E-state index contributed by atoms with van der Waals surface area (Å²) < 4.78 is 5.54. The van der Waals surface area contributed by atoms with Crippen molar-refractivity contribution in [1.29, 1.82) is 0 Å². The number of phenols is 1. The van der Waals surface area contributed by atoms with Crippen LogP contribution in [0.2, 0.25) is 0 Å². The molecule has 0 saturated carbocycles. The van der Waals surface area contributed by atoms with Crippen molar-refractivity contribution >= 4 is 21.9 Å². The Morgan fingerprint density at radius 2 is 2.06 bits per heavy atom. The number of hydrogen-bond donors (Lipinski definition) is 2. The topological polar surface area (TPSA) is 66.8 Å². The normalized spacial score (nSPS) is 11.4. The van der Waals surface area contributed by atoms with Gasteiger partial charge < -0.3 is 14.9 Å². The molecule has 0 aromatic heterocycles. The van der Waals surface area contributed by atoms with E-state index in [1.165, 1.54) is 7.11 Å². The van der Waals surface area contributed by atoms with E-state index in [9.17, 15) is 9.90 Å². The molecule has 0 saturated heterocycles. The number of rotatable bonds is 4. The second-order valence-corrected chi connectivity index (χ2v) is 5.70. The van der Waals surface area contributed by atoms with Crippen LogP contribution in [0.4, 0.5) is 0 Å². The molecule has 0 amide bonds. The summed E-state index contributed by atoms with van der Waals surface area (Å²) in [4.78, 5) is 11.2. The number of carboxylic acids is 1. The fourth-order valence-corrected chi connectivity index (χ4v) is 2.31. The molecule has 5 heteroatoms. The number of methoxy groups -OCH3 is 1. The zero-order valence-corrected chi connectivity index (χ0v) is 12.5. The summed E-state index contributed by atoms with van der Waals surface area (Å²) in [5, 5.41) is 19.1. The lowest BCUT2D eigenvalue weighted by atomic mass is 9.84. The second-order valence-electron chi connectivity index (χ2n) is 4.90. The van der Waals surface area contributed by atoms with Crippen LogP contribution in [0.3, 0.4) is 0 Å². The molecule has 0 bridgehead atoms. The molecule has 100 valence electrons. The molecule has 1 aromatic carbocycles. The molecule has 0 aliphatic heterocycles. The van der Waals surface area contributed by atoms with Crippen LogP contribution < -0.4 is 4.74 Å². The first-order chi connectivity index (χ1) is 8.20. The van der Waals surface area contributed by atoms with Crippen LogP contribution in [-0.2, 0) is 11.2 Å². The van der Waals surface area contributed by atoms with Gasteiger partial charge >= 0.3 is 5.97 Å². The van der Waals surface area contributed by atoms with Gasteiger partial charge in [-0.05, 0) is 60.3 Å². The van der Waals surface area contributed by atoms with Crippen molar-refractivity contribution in [3.05, 3.63) is 21.7 Å². The summed E-state index contributed by atoms with van der Waals surface area (Å²) in [6, 6.07) is 1.70. The maximum absolute atomic E-state index is 11.2. The first-order valence-corrected chi connectivity index (χ1v) is 6.28. The minimum atomic E-state index is -0.895. The number of phenolic OH excluding ortho intramolecular Hbond substituents is 1. The fraction of sp³-hybridized carbons (Fsp3) is 0.462. The number of ether oxygens (including phenoxy) is 1. The third-order valence-electron chi connectivity index (χ3n) is 2.95. The second kappa shape index (κ2) is 5.18. The van der Waals surface area contributed by atoms with E-state index in [0.717, 1.165) is 11.1 Å². The number of aryl methyl sites for hydroxylation is 1. The van der Waals surface area contributed by atoms with Crippen molar-refractivity contribution in [2.24, 2.45) is 5.41 Å². The van der Waals surface area contributed by atoms with Crippen LogP contribution in [0.25, 0.3) is 0 Å². The summed E-state index contributed by atoms with van der Waals surface area (Å²) in [6.45, 7) is 5.17. The molecule has 0 spiro atoms. The third kappa shape index (κ3) is 2.77. The van der Waals surface area contributed by atoms with Crippen LogP contribution >= 0.6 is 15.9 Å². The molecule has 0 radical (unpaired) electrons. The molecule has 0 heterocycles. The number of benzene rings is 1. The van der Waals surface area contributed by atoms with Gasteiger partial charge in [-0.15, -0.1) is 0 Å². The highest BCUT2D eigenvalue weighted by atomic mass is 79.9. The van der Waals surface area contributed by atoms with Gasteiger partial charge in [-0.3, -0.25) is 4.79 Å². The van der Waals surface area contributed by atoms with Crippen molar-refractivity contribution in [3.63, 3.8) is 0 Å². The minimum Gasteiger partial charge on any atom is -0.503 e. The number of halogens is 1. The Kier molecular flexibility index (Phi) is 4.27. The molecule has 0 aliphatic rings. The number of aromatic hydroxyl groups is 1. The lowest BCUT2D eigenvalue weighted by Gasteiger charge is -2.22. The van der Waals surface area contributed by atoms with E-state index in [1.807, 2.05) is 6.92 Å². The maximum Gasteiger partial charge on any atom is 0.309 e. The fourth-order valence-electron chi connectivity index (χ4n) is 1.67. The first-order valence-electron chi connectivity index (χ1n) is 5.49. The molecule has 1 rings (SSSR count). The van der Waals surface area contributed by atoms with E-state index in [2.05, 4.69) is 15.9 Å².